The number of allylic oxidation sites excluding steroid dienone is 1. The minimum atomic E-state index is -1.30. The topological polar surface area (TPSA) is 67.2 Å². The van der Waals surface area contributed by atoms with Gasteiger partial charge in [-0.3, -0.25) is 19.2 Å². The number of hydrogen-bond acceptors (Lipinski definition) is 4. The summed E-state index contributed by atoms with van der Waals surface area (Å²) >= 11 is 1.57. The van der Waals surface area contributed by atoms with Gasteiger partial charge in [0.1, 0.15) is 17.1 Å². The molecule has 0 bridgehead atoms. The van der Waals surface area contributed by atoms with E-state index in [4.69, 9.17) is 0 Å². The lowest BCUT2D eigenvalue weighted by Crippen LogP contribution is -2.64. The lowest BCUT2D eigenvalue weighted by molar-refractivity contribution is -0.126. The standard InChI is InChI=1S/C21H25FN4O2S/c1-4-10-23-20(28)21(3)14-25-18(12-15(24-25)13-29-11-5-2)19(27)26(21)17-9-7-6-8-16(17)22/h5-9,11-12H,4,10,13-14H2,1-3H3,(H,23,28)/b11-5-. The third-order valence-corrected chi connectivity index (χ3v) is 5.71. The SMILES string of the molecule is C/C=C\SCc1cc2n(n1)CC(C)(C(=O)NCCC)N(c1ccccc1F)C2=O. The molecule has 1 aliphatic heterocycles. The smallest absolute Gasteiger partial charge is 0.277 e. The molecule has 0 saturated carbocycles. The molecule has 0 radical (unpaired) electrons. The molecule has 154 valence electrons. The zero-order valence-electron chi connectivity index (χ0n) is 16.8. The van der Waals surface area contributed by atoms with Crippen molar-refractivity contribution in [3.05, 3.63) is 59.0 Å². The number of nitrogens with zero attached hydrogens (tertiary/aromatic N) is 3. The molecule has 8 heteroatoms. The number of anilines is 1. The lowest BCUT2D eigenvalue weighted by Gasteiger charge is -2.43. The van der Waals surface area contributed by atoms with Crippen molar-refractivity contribution in [2.24, 2.45) is 0 Å². The van der Waals surface area contributed by atoms with Gasteiger partial charge in [0, 0.05) is 12.3 Å². The number of thioether (sulfide) groups is 1. The molecule has 0 spiro atoms. The first-order valence-corrected chi connectivity index (χ1v) is 10.6. The summed E-state index contributed by atoms with van der Waals surface area (Å²) in [6.45, 7) is 6.16. The minimum Gasteiger partial charge on any atom is -0.354 e. The molecule has 29 heavy (non-hydrogen) atoms. The van der Waals surface area contributed by atoms with Crippen LogP contribution in [0.15, 0.2) is 41.8 Å². The van der Waals surface area contributed by atoms with Crippen molar-refractivity contribution < 1.29 is 14.0 Å². The van der Waals surface area contributed by atoms with Crippen LogP contribution >= 0.6 is 11.8 Å². The Morgan fingerprint density at radius 1 is 1.41 bits per heavy atom. The second-order valence-corrected chi connectivity index (χ2v) is 7.97. The van der Waals surface area contributed by atoms with Crippen LogP contribution in [0.1, 0.15) is 43.4 Å². The number of benzene rings is 1. The van der Waals surface area contributed by atoms with E-state index in [-0.39, 0.29) is 18.1 Å². The first kappa shape index (κ1) is 21.1. The van der Waals surface area contributed by atoms with Crippen LogP contribution in [0.4, 0.5) is 10.1 Å². The van der Waals surface area contributed by atoms with Crippen molar-refractivity contribution in [2.45, 2.75) is 45.0 Å². The average Bonchev–Trinajstić information content (AvgIpc) is 3.10. The van der Waals surface area contributed by atoms with Gasteiger partial charge in [0.15, 0.2) is 0 Å². The van der Waals surface area contributed by atoms with Crippen molar-refractivity contribution in [3.63, 3.8) is 0 Å². The van der Waals surface area contributed by atoms with E-state index in [0.717, 1.165) is 12.1 Å². The van der Waals surface area contributed by atoms with E-state index in [9.17, 15) is 14.0 Å². The maximum Gasteiger partial charge on any atom is 0.277 e. The summed E-state index contributed by atoms with van der Waals surface area (Å²) in [5.41, 5.74) is -0.126. The third-order valence-electron chi connectivity index (χ3n) is 4.79. The number of amides is 2. The Labute approximate surface area is 174 Å². The summed E-state index contributed by atoms with van der Waals surface area (Å²) < 4.78 is 16.2. The summed E-state index contributed by atoms with van der Waals surface area (Å²) in [6, 6.07) is 7.74. The van der Waals surface area contributed by atoms with Crippen LogP contribution in [-0.4, -0.2) is 33.7 Å². The van der Waals surface area contributed by atoms with Crippen molar-refractivity contribution in [2.75, 3.05) is 11.4 Å². The van der Waals surface area contributed by atoms with Gasteiger partial charge in [-0.25, -0.2) is 4.39 Å². The average molecular weight is 417 g/mol. The molecular weight excluding hydrogens is 391 g/mol. The molecule has 0 fully saturated rings. The Morgan fingerprint density at radius 2 is 2.17 bits per heavy atom. The lowest BCUT2D eigenvalue weighted by atomic mass is 9.94. The monoisotopic (exact) mass is 416 g/mol. The number of carbonyl (C=O) groups excluding carboxylic acids is 2. The van der Waals surface area contributed by atoms with Gasteiger partial charge in [0.2, 0.25) is 5.91 Å². The Morgan fingerprint density at radius 3 is 2.86 bits per heavy atom. The zero-order valence-corrected chi connectivity index (χ0v) is 17.6. The van der Waals surface area contributed by atoms with Crippen LogP contribution in [-0.2, 0) is 17.1 Å². The number of fused-ring (bicyclic) bond motifs is 1. The molecule has 1 aromatic heterocycles. The largest absolute Gasteiger partial charge is 0.354 e. The summed E-state index contributed by atoms with van der Waals surface area (Å²) in [7, 11) is 0. The van der Waals surface area contributed by atoms with Gasteiger partial charge in [0.25, 0.3) is 5.91 Å². The summed E-state index contributed by atoms with van der Waals surface area (Å²) in [5.74, 6) is -0.713. The fraction of sp³-hybridized carbons (Fsp3) is 0.381. The van der Waals surface area contributed by atoms with Crippen LogP contribution in [0, 0.1) is 5.82 Å². The molecule has 1 aliphatic rings. The molecule has 3 rings (SSSR count). The molecular formula is C21H25FN4O2S. The molecule has 6 nitrogen and oxygen atoms in total. The van der Waals surface area contributed by atoms with Gasteiger partial charge < -0.3 is 5.32 Å². The molecule has 2 heterocycles. The van der Waals surface area contributed by atoms with Crippen molar-refractivity contribution in [3.8, 4) is 0 Å². The molecule has 2 amide bonds. The molecule has 0 aliphatic carbocycles. The van der Waals surface area contributed by atoms with E-state index in [1.165, 1.54) is 17.0 Å². The molecule has 2 aromatic rings. The van der Waals surface area contributed by atoms with Crippen LogP contribution < -0.4 is 10.2 Å². The van der Waals surface area contributed by atoms with E-state index in [1.54, 1.807) is 41.6 Å². The number of nitrogens with one attached hydrogen (secondary N) is 1. The van der Waals surface area contributed by atoms with E-state index < -0.39 is 17.3 Å². The highest BCUT2D eigenvalue weighted by molar-refractivity contribution is 8.01. The van der Waals surface area contributed by atoms with E-state index >= 15 is 0 Å². The second-order valence-electron chi connectivity index (χ2n) is 7.08. The number of aromatic nitrogens is 2. The Kier molecular flexibility index (Phi) is 6.42. The molecule has 1 unspecified atom stereocenters. The number of halogens is 1. The summed E-state index contributed by atoms with van der Waals surface area (Å²) in [5, 5.41) is 9.33. The maximum absolute atomic E-state index is 14.6. The Balaban J connectivity index is 2.05. The first-order valence-electron chi connectivity index (χ1n) is 9.59. The van der Waals surface area contributed by atoms with E-state index in [2.05, 4.69) is 10.4 Å². The molecule has 1 aromatic carbocycles. The first-order chi connectivity index (χ1) is 13.9. The van der Waals surface area contributed by atoms with Crippen molar-refractivity contribution >= 4 is 29.3 Å². The Hall–Kier alpha value is -2.61. The molecule has 1 atom stereocenters. The number of hydrogen-bond donors (Lipinski definition) is 1. The van der Waals surface area contributed by atoms with Gasteiger partial charge in [-0.1, -0.05) is 25.1 Å². The number of carbonyl (C=O) groups is 2. The van der Waals surface area contributed by atoms with Gasteiger partial charge in [-0.15, -0.1) is 11.8 Å². The summed E-state index contributed by atoms with van der Waals surface area (Å²) in [4.78, 5) is 27.7. The highest BCUT2D eigenvalue weighted by Gasteiger charge is 2.49. The molecule has 1 N–H and O–H groups in total. The van der Waals surface area contributed by atoms with Crippen LogP contribution in [0.5, 0.6) is 0 Å². The zero-order chi connectivity index (χ0) is 21.0. The molecule has 0 saturated heterocycles. The Bertz CT molecular complexity index is 943. The van der Waals surface area contributed by atoms with E-state index in [0.29, 0.717) is 18.0 Å². The van der Waals surface area contributed by atoms with Gasteiger partial charge in [-0.05, 0) is 43.9 Å². The third kappa shape index (κ3) is 4.07. The fourth-order valence-electron chi connectivity index (χ4n) is 3.37. The predicted octanol–water partition coefficient (Wildman–Crippen LogP) is 3.73. The highest BCUT2D eigenvalue weighted by atomic mass is 32.2. The van der Waals surface area contributed by atoms with Gasteiger partial charge in [0.05, 0.1) is 17.9 Å². The highest BCUT2D eigenvalue weighted by Crippen LogP contribution is 2.34. The van der Waals surface area contributed by atoms with Crippen LogP contribution in [0.2, 0.25) is 0 Å². The van der Waals surface area contributed by atoms with Crippen LogP contribution in [0.25, 0.3) is 0 Å². The summed E-state index contributed by atoms with van der Waals surface area (Å²) in [6.07, 6.45) is 2.69. The number of para-hydroxylation sites is 1. The van der Waals surface area contributed by atoms with Crippen LogP contribution in [0.3, 0.4) is 0 Å². The van der Waals surface area contributed by atoms with Gasteiger partial charge in [-0.2, -0.15) is 5.10 Å². The van der Waals surface area contributed by atoms with E-state index in [1.807, 2.05) is 25.3 Å². The predicted molar refractivity (Wildman–Crippen MR) is 113 cm³/mol. The quantitative estimate of drug-likeness (QED) is 0.747. The van der Waals surface area contributed by atoms with Crippen molar-refractivity contribution in [1.29, 1.82) is 0 Å². The van der Waals surface area contributed by atoms with Gasteiger partial charge >= 0.3 is 0 Å². The second kappa shape index (κ2) is 8.82. The minimum absolute atomic E-state index is 0.0870. The fourth-order valence-corrected chi connectivity index (χ4v) is 3.98. The maximum atomic E-state index is 14.6. The normalized spacial score (nSPS) is 18.9. The van der Waals surface area contributed by atoms with Crippen molar-refractivity contribution in [1.82, 2.24) is 15.1 Å². The number of rotatable bonds is 7.